The molecule has 5 rings (SSSR count). The fourth-order valence-corrected chi connectivity index (χ4v) is 5.61. The molecule has 3 N–H and O–H groups in total. The Balaban J connectivity index is 1.31. The first-order valence-corrected chi connectivity index (χ1v) is 13.4. The van der Waals surface area contributed by atoms with Crippen LogP contribution >= 0.6 is 0 Å². The second-order valence-electron chi connectivity index (χ2n) is 10.1. The number of hydrogen-bond donors (Lipinski definition) is 3. The summed E-state index contributed by atoms with van der Waals surface area (Å²) in [6, 6.07) is 18.4. The molecule has 2 atom stereocenters. The summed E-state index contributed by atoms with van der Waals surface area (Å²) in [6.45, 7) is 2.73. The first-order valence-electron chi connectivity index (χ1n) is 13.4. The van der Waals surface area contributed by atoms with E-state index in [1.807, 2.05) is 46.2 Å². The number of urea groups is 1. The number of benzene rings is 2. The minimum Gasteiger partial charge on any atom is -0.465 e. The van der Waals surface area contributed by atoms with Crippen LogP contribution in [0.5, 0.6) is 0 Å². The maximum absolute atomic E-state index is 13.4. The van der Waals surface area contributed by atoms with Gasteiger partial charge in [-0.1, -0.05) is 66.3 Å². The first kappa shape index (κ1) is 26.5. The number of rotatable bonds is 5. The number of fused-ring (bicyclic) bond motifs is 1. The van der Waals surface area contributed by atoms with E-state index in [2.05, 4.69) is 34.9 Å². The molecule has 0 saturated carbocycles. The number of amides is 4. The fraction of sp³-hybridized carbons (Fsp3) is 0.367. The highest BCUT2D eigenvalue weighted by Gasteiger charge is 2.37. The normalized spacial score (nSPS) is 21.3. The highest BCUT2D eigenvalue weighted by molar-refractivity contribution is 5.84. The Bertz CT molecular complexity index is 1270. The number of carbonyl (C=O) groups is 3. The Morgan fingerprint density at radius 2 is 1.79 bits per heavy atom. The average Bonchev–Trinajstić information content (AvgIpc) is 2.96. The van der Waals surface area contributed by atoms with Crippen LogP contribution in [0.3, 0.4) is 0 Å². The predicted octanol–water partition coefficient (Wildman–Crippen LogP) is 3.57. The summed E-state index contributed by atoms with van der Waals surface area (Å²) in [4.78, 5) is 39.6. The minimum atomic E-state index is -1.05. The average molecular weight is 531 g/mol. The van der Waals surface area contributed by atoms with E-state index >= 15 is 0 Å². The van der Waals surface area contributed by atoms with Crippen molar-refractivity contribution in [2.75, 3.05) is 39.3 Å². The van der Waals surface area contributed by atoms with Crippen molar-refractivity contribution in [1.29, 1.82) is 0 Å². The summed E-state index contributed by atoms with van der Waals surface area (Å²) in [5.74, 6) is -0.122. The molecule has 39 heavy (non-hydrogen) atoms. The molecule has 2 aromatic carbocycles. The Morgan fingerprint density at radius 1 is 1.03 bits per heavy atom. The van der Waals surface area contributed by atoms with Gasteiger partial charge in [0.25, 0.3) is 0 Å². The van der Waals surface area contributed by atoms with Gasteiger partial charge in [-0.05, 0) is 47.6 Å². The maximum Gasteiger partial charge on any atom is 0.404 e. The molecule has 3 fully saturated rings. The number of carboxylic acid groups (broad SMARTS) is 1. The second-order valence-corrected chi connectivity index (χ2v) is 10.1. The fourth-order valence-electron chi connectivity index (χ4n) is 5.61. The Labute approximate surface area is 228 Å². The molecular formula is C30H34N4O5. The Hall–Kier alpha value is -4.11. The van der Waals surface area contributed by atoms with E-state index in [4.69, 9.17) is 9.84 Å². The van der Waals surface area contributed by atoms with Crippen molar-refractivity contribution >= 4 is 29.7 Å². The monoisotopic (exact) mass is 530 g/mol. The van der Waals surface area contributed by atoms with Crippen LogP contribution in [0, 0.1) is 0 Å². The standard InChI is InChI=1S/C30H34N4O5/c35-27-20-39-26-13-17-34(19-25(26)32-27)30(38)33-15-11-23(12-16-33)28(22-8-2-1-3-9-22)24-10-4-6-21(18-24)7-5-14-31-29(36)37/h1-10,18,25-26,31H,11-17,19-20H2,(H,32,35)(H,36,37)/b7-5+/t25-,26+/m1/s1. The van der Waals surface area contributed by atoms with Crippen molar-refractivity contribution in [1.82, 2.24) is 20.4 Å². The van der Waals surface area contributed by atoms with Crippen LogP contribution in [-0.4, -0.2) is 84.4 Å². The molecule has 9 heteroatoms. The van der Waals surface area contributed by atoms with Crippen molar-refractivity contribution in [3.63, 3.8) is 0 Å². The lowest BCUT2D eigenvalue weighted by Gasteiger charge is -2.43. The van der Waals surface area contributed by atoms with Crippen molar-refractivity contribution in [3.8, 4) is 0 Å². The van der Waals surface area contributed by atoms with Crippen molar-refractivity contribution < 1.29 is 24.2 Å². The van der Waals surface area contributed by atoms with Crippen molar-refractivity contribution in [2.24, 2.45) is 0 Å². The van der Waals surface area contributed by atoms with Crippen LogP contribution in [0.25, 0.3) is 11.6 Å². The van der Waals surface area contributed by atoms with Crippen LogP contribution < -0.4 is 10.6 Å². The van der Waals surface area contributed by atoms with Gasteiger partial charge in [-0.25, -0.2) is 9.59 Å². The largest absolute Gasteiger partial charge is 0.465 e. The molecule has 3 heterocycles. The number of likely N-dealkylation sites (tertiary alicyclic amines) is 2. The molecule has 2 aromatic rings. The summed E-state index contributed by atoms with van der Waals surface area (Å²) >= 11 is 0. The zero-order valence-corrected chi connectivity index (χ0v) is 21.8. The molecule has 0 aliphatic carbocycles. The Kier molecular flexibility index (Phi) is 8.27. The number of piperidine rings is 2. The molecule has 0 aromatic heterocycles. The topological polar surface area (TPSA) is 111 Å². The van der Waals surface area contributed by atoms with Crippen LogP contribution in [0.15, 0.2) is 66.2 Å². The smallest absolute Gasteiger partial charge is 0.404 e. The van der Waals surface area contributed by atoms with Gasteiger partial charge < -0.3 is 30.3 Å². The van der Waals surface area contributed by atoms with Crippen LogP contribution in [0.1, 0.15) is 36.0 Å². The lowest BCUT2D eigenvalue weighted by atomic mass is 9.88. The lowest BCUT2D eigenvalue weighted by Crippen LogP contribution is -2.62. The number of ether oxygens (including phenoxy) is 1. The quantitative estimate of drug-likeness (QED) is 0.547. The van der Waals surface area contributed by atoms with E-state index in [-0.39, 0.29) is 37.2 Å². The third kappa shape index (κ3) is 6.49. The molecule has 0 radical (unpaired) electrons. The van der Waals surface area contributed by atoms with E-state index in [0.717, 1.165) is 36.0 Å². The van der Waals surface area contributed by atoms with Crippen LogP contribution in [0.2, 0.25) is 0 Å². The SMILES string of the molecule is O=C(O)NC/C=C/c1cccc(C(=C2CCN(C(=O)N3CC[C@@H]4OCC(=O)N[C@@H]4C3)CC2)c2ccccc2)c1. The van der Waals surface area contributed by atoms with E-state index < -0.39 is 6.09 Å². The van der Waals surface area contributed by atoms with Crippen molar-refractivity contribution in [3.05, 3.63) is 82.9 Å². The summed E-state index contributed by atoms with van der Waals surface area (Å²) < 4.78 is 5.64. The van der Waals surface area contributed by atoms with E-state index in [1.165, 1.54) is 11.1 Å². The second kappa shape index (κ2) is 12.2. The summed E-state index contributed by atoms with van der Waals surface area (Å²) in [6.07, 6.45) is 4.92. The molecule has 0 bridgehead atoms. The summed E-state index contributed by atoms with van der Waals surface area (Å²) in [5, 5.41) is 14.1. The van der Waals surface area contributed by atoms with Gasteiger partial charge in [0.05, 0.1) is 12.1 Å². The predicted molar refractivity (Wildman–Crippen MR) is 148 cm³/mol. The molecule has 0 spiro atoms. The van der Waals surface area contributed by atoms with Crippen LogP contribution in [-0.2, 0) is 9.53 Å². The molecule has 3 aliphatic heterocycles. The minimum absolute atomic E-state index is 0.0184. The molecule has 204 valence electrons. The number of nitrogens with one attached hydrogen (secondary N) is 2. The van der Waals surface area contributed by atoms with Gasteiger partial charge in [-0.3, -0.25) is 4.79 Å². The third-order valence-corrected chi connectivity index (χ3v) is 7.51. The van der Waals surface area contributed by atoms with Gasteiger partial charge in [-0.2, -0.15) is 0 Å². The van der Waals surface area contributed by atoms with Gasteiger partial charge in [0.2, 0.25) is 5.91 Å². The Morgan fingerprint density at radius 3 is 2.56 bits per heavy atom. The number of carbonyl (C=O) groups excluding carboxylic acids is 2. The first-order chi connectivity index (χ1) is 19.0. The third-order valence-electron chi connectivity index (χ3n) is 7.51. The van der Waals surface area contributed by atoms with Crippen LogP contribution in [0.4, 0.5) is 9.59 Å². The van der Waals surface area contributed by atoms with Gasteiger partial charge >= 0.3 is 12.1 Å². The maximum atomic E-state index is 13.4. The summed E-state index contributed by atoms with van der Waals surface area (Å²) in [7, 11) is 0. The lowest BCUT2D eigenvalue weighted by molar-refractivity contribution is -0.139. The number of nitrogens with zero attached hydrogens (tertiary/aromatic N) is 2. The molecule has 3 saturated heterocycles. The highest BCUT2D eigenvalue weighted by Crippen LogP contribution is 2.33. The van der Waals surface area contributed by atoms with E-state index in [0.29, 0.717) is 26.2 Å². The van der Waals surface area contributed by atoms with Gasteiger partial charge in [-0.15, -0.1) is 0 Å². The van der Waals surface area contributed by atoms with Gasteiger partial charge in [0.15, 0.2) is 0 Å². The van der Waals surface area contributed by atoms with Crippen molar-refractivity contribution in [2.45, 2.75) is 31.4 Å². The van der Waals surface area contributed by atoms with Gasteiger partial charge in [0.1, 0.15) is 6.61 Å². The van der Waals surface area contributed by atoms with Gasteiger partial charge in [0, 0.05) is 32.7 Å². The molecule has 9 nitrogen and oxygen atoms in total. The molecular weight excluding hydrogens is 496 g/mol. The highest BCUT2D eigenvalue weighted by atomic mass is 16.5. The zero-order valence-electron chi connectivity index (χ0n) is 21.8. The zero-order chi connectivity index (χ0) is 27.2. The summed E-state index contributed by atoms with van der Waals surface area (Å²) in [5.41, 5.74) is 5.72. The number of morpholine rings is 1. The van der Waals surface area contributed by atoms with E-state index in [1.54, 1.807) is 6.08 Å². The molecule has 3 aliphatic rings. The molecule has 4 amide bonds. The number of hydrogen-bond acceptors (Lipinski definition) is 4. The van der Waals surface area contributed by atoms with E-state index in [9.17, 15) is 14.4 Å². The molecule has 0 unspecified atom stereocenters.